The molecule has 4 aromatic rings. The molecule has 0 aliphatic heterocycles. The molecule has 0 aliphatic rings. The smallest absolute Gasteiger partial charge is 0.0633 e. The second-order valence-electron chi connectivity index (χ2n) is 6.95. The highest BCUT2D eigenvalue weighted by atomic mass is 14.8. The van der Waals surface area contributed by atoms with Gasteiger partial charge in [0.15, 0.2) is 0 Å². The Hall–Kier alpha value is -3.45. The third-order valence-electron chi connectivity index (χ3n) is 4.89. The van der Waals surface area contributed by atoms with Gasteiger partial charge in [0.1, 0.15) is 0 Å². The molecule has 0 atom stereocenters. The van der Waals surface area contributed by atoms with E-state index in [4.69, 9.17) is 4.99 Å². The molecule has 1 heteroatoms. The van der Waals surface area contributed by atoms with E-state index in [1.165, 1.54) is 16.7 Å². The monoisotopic (exact) mass is 361 g/mol. The van der Waals surface area contributed by atoms with Crippen LogP contribution in [0, 0.1) is 6.92 Å². The average Bonchev–Trinajstić information content (AvgIpc) is 2.77. The molecular weight excluding hydrogens is 338 g/mol. The van der Waals surface area contributed by atoms with Gasteiger partial charge in [-0.3, -0.25) is 4.99 Å². The molecule has 0 spiro atoms. The first-order chi connectivity index (χ1) is 13.8. The summed E-state index contributed by atoms with van der Waals surface area (Å²) >= 11 is 0. The Kier molecular flexibility index (Phi) is 5.44. The van der Waals surface area contributed by atoms with E-state index < -0.39 is 0 Å². The van der Waals surface area contributed by atoms with Crippen molar-refractivity contribution >= 4 is 11.4 Å². The molecule has 0 saturated carbocycles. The summed E-state index contributed by atoms with van der Waals surface area (Å²) < 4.78 is 0. The van der Waals surface area contributed by atoms with Gasteiger partial charge in [0.2, 0.25) is 0 Å². The van der Waals surface area contributed by atoms with Gasteiger partial charge in [-0.05, 0) is 35.7 Å². The number of aliphatic imine (C=N–C) groups is 1. The quantitative estimate of drug-likeness (QED) is 0.341. The van der Waals surface area contributed by atoms with E-state index in [1.54, 1.807) is 0 Å². The third kappa shape index (κ3) is 4.10. The number of aryl methyl sites for hydroxylation is 1. The molecule has 4 aromatic carbocycles. The van der Waals surface area contributed by atoms with Crippen LogP contribution in [0.1, 0.15) is 28.2 Å². The van der Waals surface area contributed by atoms with Gasteiger partial charge < -0.3 is 0 Å². The molecular formula is C27H23N. The Balaban J connectivity index is 1.92. The van der Waals surface area contributed by atoms with Gasteiger partial charge in [0, 0.05) is 0 Å². The highest BCUT2D eigenvalue weighted by molar-refractivity contribution is 6.08. The maximum absolute atomic E-state index is 5.14. The molecule has 0 unspecified atom stereocenters. The van der Waals surface area contributed by atoms with Crippen LogP contribution in [-0.2, 0) is 0 Å². The maximum atomic E-state index is 5.14. The lowest BCUT2D eigenvalue weighted by Crippen LogP contribution is -2.15. The highest BCUT2D eigenvalue weighted by Gasteiger charge is 2.22. The summed E-state index contributed by atoms with van der Waals surface area (Å²) in [6, 6.07) is 40.1. The van der Waals surface area contributed by atoms with Crippen molar-refractivity contribution in [2.24, 2.45) is 4.99 Å². The first-order valence-electron chi connectivity index (χ1n) is 9.62. The summed E-state index contributed by atoms with van der Waals surface area (Å²) in [7, 11) is 0. The second kappa shape index (κ2) is 8.49. The van der Waals surface area contributed by atoms with Gasteiger partial charge in [0.05, 0.1) is 17.3 Å². The molecule has 0 fully saturated rings. The van der Waals surface area contributed by atoms with Crippen molar-refractivity contribution in [1.82, 2.24) is 0 Å². The van der Waals surface area contributed by atoms with Crippen LogP contribution in [-0.4, -0.2) is 5.71 Å². The lowest BCUT2D eigenvalue weighted by molar-refractivity contribution is 1.07. The molecule has 0 N–H and O–H groups in total. The summed E-state index contributed by atoms with van der Waals surface area (Å²) in [6.45, 7) is 2.10. The molecule has 0 aromatic heterocycles. The standard InChI is InChI=1S/C27H23N/c1-21-17-19-25(20-18-21)28-27(24-15-9-4-10-16-24)26(22-11-5-2-6-12-22)23-13-7-3-8-14-23/h2-20,26H,1H3. The van der Waals surface area contributed by atoms with E-state index in [-0.39, 0.29) is 5.92 Å². The summed E-state index contributed by atoms with van der Waals surface area (Å²) in [5.41, 5.74) is 6.89. The molecule has 0 heterocycles. The van der Waals surface area contributed by atoms with Crippen LogP contribution in [0.25, 0.3) is 0 Å². The zero-order chi connectivity index (χ0) is 19.2. The fourth-order valence-corrected chi connectivity index (χ4v) is 3.46. The van der Waals surface area contributed by atoms with Gasteiger partial charge in [-0.2, -0.15) is 0 Å². The Labute approximate surface area is 167 Å². The number of hydrogen-bond acceptors (Lipinski definition) is 1. The SMILES string of the molecule is Cc1ccc(N=C(c2ccccc2)C(c2ccccc2)c2ccccc2)cc1. The lowest BCUT2D eigenvalue weighted by Gasteiger charge is -2.21. The third-order valence-corrected chi connectivity index (χ3v) is 4.89. The highest BCUT2D eigenvalue weighted by Crippen LogP contribution is 2.31. The van der Waals surface area contributed by atoms with Crippen LogP contribution in [0.5, 0.6) is 0 Å². The number of hydrogen-bond donors (Lipinski definition) is 0. The van der Waals surface area contributed by atoms with Gasteiger partial charge in [-0.1, -0.05) is 109 Å². The number of nitrogens with zero attached hydrogens (tertiary/aromatic N) is 1. The normalized spacial score (nSPS) is 11.6. The van der Waals surface area contributed by atoms with Crippen molar-refractivity contribution in [3.05, 3.63) is 138 Å². The van der Waals surface area contributed by atoms with E-state index in [2.05, 4.69) is 116 Å². The van der Waals surface area contributed by atoms with Crippen molar-refractivity contribution in [2.75, 3.05) is 0 Å². The fourth-order valence-electron chi connectivity index (χ4n) is 3.46. The molecule has 0 radical (unpaired) electrons. The maximum Gasteiger partial charge on any atom is 0.0633 e. The topological polar surface area (TPSA) is 12.4 Å². The Morgan fingerprint density at radius 2 is 1.04 bits per heavy atom. The molecule has 4 rings (SSSR count). The molecule has 0 saturated heterocycles. The number of rotatable bonds is 5. The molecule has 0 amide bonds. The van der Waals surface area contributed by atoms with Crippen molar-refractivity contribution in [2.45, 2.75) is 12.8 Å². The van der Waals surface area contributed by atoms with E-state index in [9.17, 15) is 0 Å². The first kappa shape index (κ1) is 17.9. The summed E-state index contributed by atoms with van der Waals surface area (Å²) in [4.78, 5) is 5.14. The van der Waals surface area contributed by atoms with Crippen LogP contribution in [0.4, 0.5) is 5.69 Å². The largest absolute Gasteiger partial charge is 0.252 e. The van der Waals surface area contributed by atoms with Crippen LogP contribution >= 0.6 is 0 Å². The minimum absolute atomic E-state index is 0.0612. The zero-order valence-corrected chi connectivity index (χ0v) is 16.0. The summed E-state index contributed by atoms with van der Waals surface area (Å²) in [5.74, 6) is 0.0612. The van der Waals surface area contributed by atoms with Gasteiger partial charge in [0.25, 0.3) is 0 Å². The van der Waals surface area contributed by atoms with Gasteiger partial charge in [-0.25, -0.2) is 0 Å². The van der Waals surface area contributed by atoms with Crippen molar-refractivity contribution in [3.8, 4) is 0 Å². The van der Waals surface area contributed by atoms with E-state index in [1.807, 2.05) is 6.07 Å². The molecule has 0 aliphatic carbocycles. The lowest BCUT2D eigenvalue weighted by atomic mass is 9.84. The van der Waals surface area contributed by atoms with E-state index in [0.717, 1.165) is 17.0 Å². The minimum atomic E-state index is 0.0612. The van der Waals surface area contributed by atoms with Gasteiger partial charge >= 0.3 is 0 Å². The number of benzene rings is 4. The Morgan fingerprint density at radius 3 is 1.54 bits per heavy atom. The zero-order valence-electron chi connectivity index (χ0n) is 16.0. The molecule has 136 valence electrons. The van der Waals surface area contributed by atoms with Gasteiger partial charge in [-0.15, -0.1) is 0 Å². The fraction of sp³-hybridized carbons (Fsp3) is 0.0741. The predicted molar refractivity (Wildman–Crippen MR) is 119 cm³/mol. The van der Waals surface area contributed by atoms with Crippen LogP contribution in [0.15, 0.2) is 120 Å². The average molecular weight is 361 g/mol. The second-order valence-corrected chi connectivity index (χ2v) is 6.95. The molecule has 0 bridgehead atoms. The minimum Gasteiger partial charge on any atom is -0.252 e. The van der Waals surface area contributed by atoms with Crippen molar-refractivity contribution < 1.29 is 0 Å². The van der Waals surface area contributed by atoms with Crippen LogP contribution in [0.3, 0.4) is 0 Å². The molecule has 28 heavy (non-hydrogen) atoms. The van der Waals surface area contributed by atoms with E-state index >= 15 is 0 Å². The Morgan fingerprint density at radius 1 is 0.571 bits per heavy atom. The first-order valence-corrected chi connectivity index (χ1v) is 9.62. The van der Waals surface area contributed by atoms with Crippen molar-refractivity contribution in [1.29, 1.82) is 0 Å². The predicted octanol–water partition coefficient (Wildman–Crippen LogP) is 6.95. The van der Waals surface area contributed by atoms with Crippen molar-refractivity contribution in [3.63, 3.8) is 0 Å². The van der Waals surface area contributed by atoms with Crippen LogP contribution in [0.2, 0.25) is 0 Å². The Bertz CT molecular complexity index is 994. The van der Waals surface area contributed by atoms with Crippen LogP contribution < -0.4 is 0 Å². The molecule has 1 nitrogen and oxygen atoms in total. The van der Waals surface area contributed by atoms with E-state index in [0.29, 0.717) is 0 Å². The summed E-state index contributed by atoms with van der Waals surface area (Å²) in [5, 5.41) is 0. The summed E-state index contributed by atoms with van der Waals surface area (Å²) in [6.07, 6.45) is 0.